The molecule has 1 unspecified atom stereocenters. The number of fused-ring (bicyclic) bond motifs is 5. The van der Waals surface area contributed by atoms with Crippen LogP contribution in [0, 0.1) is 0 Å². The molecule has 8 atom stereocenters. The van der Waals surface area contributed by atoms with Gasteiger partial charge in [-0.2, -0.15) is 18.1 Å². The number of nitrogens with zero attached hydrogens (tertiary/aromatic N) is 8. The number of hydrogen-bond donors (Lipinski definition) is 5. The van der Waals surface area contributed by atoms with E-state index < -0.39 is 79.9 Å². The second-order valence-corrected chi connectivity index (χ2v) is 14.4. The molecule has 0 radical (unpaired) electrons. The number of phosphoric ester groups is 1. The first-order valence-electron chi connectivity index (χ1n) is 15.9. The molecule has 7 N–H and O–H groups in total. The number of nitrogens with one attached hydrogen (secondary N) is 2. The van der Waals surface area contributed by atoms with Crippen LogP contribution >= 0.6 is 7.82 Å². The lowest BCUT2D eigenvalue weighted by atomic mass is 10.1. The number of H-pyrrole nitrogens is 1. The number of nitrogens with two attached hydrogens (primary N) is 2. The van der Waals surface area contributed by atoms with Crippen molar-refractivity contribution in [1.82, 2.24) is 48.7 Å². The molecule has 3 saturated heterocycles. The van der Waals surface area contributed by atoms with E-state index in [2.05, 4.69) is 60.3 Å². The van der Waals surface area contributed by atoms with E-state index in [4.69, 9.17) is 34.2 Å². The Balaban J connectivity index is 0.000000582. The summed E-state index contributed by atoms with van der Waals surface area (Å²) < 4.78 is 87.0. The van der Waals surface area contributed by atoms with Crippen molar-refractivity contribution in [1.29, 1.82) is 0 Å². The Hall–Kier alpha value is -3.71. The smallest absolute Gasteiger partial charge is 0.382 e. The van der Waals surface area contributed by atoms with E-state index in [1.165, 1.54) is 41.4 Å². The highest BCUT2D eigenvalue weighted by Crippen LogP contribution is 2.50. The minimum absolute atomic E-state index is 0.0176. The molecular formula is C26H38FN12O10PS. The maximum atomic E-state index is 15.9. The standard InChI is InChI=1S/C20H23FN11O10PS.C6H15N/c21-10-13-9(40-19(10)31-5-26-11-14(22)24-4-25-15(11)31)2-28-44(36,37)42-8-1-7(3-38-43(34,35)41-13)39-18(8)32-6-27-12-16(32)29-20(23)30-17(12)33;1-4-7(5-2)6-3/h4-10,13,18-19,28H,1-3H2,(H,34,35)(H2,22,24,25)(H3,23,29,30,33);4-6H2,1-3H3/t7-,8+,9+,10+,13+,18+,19+;/m0./s1. The lowest BCUT2D eigenvalue weighted by molar-refractivity contribution is -0.0487. The van der Waals surface area contributed by atoms with Crippen molar-refractivity contribution in [3.05, 3.63) is 29.3 Å². The highest BCUT2D eigenvalue weighted by atomic mass is 32.2. The van der Waals surface area contributed by atoms with Gasteiger partial charge in [-0.1, -0.05) is 20.8 Å². The van der Waals surface area contributed by atoms with Crippen LogP contribution in [0.2, 0.25) is 0 Å². The Bertz CT molecular complexity index is 2070. The number of phosphoric acid groups is 1. The zero-order valence-corrected chi connectivity index (χ0v) is 29.3. The molecule has 3 aliphatic heterocycles. The second-order valence-electron chi connectivity index (χ2n) is 11.6. The fourth-order valence-electron chi connectivity index (χ4n) is 5.96. The van der Waals surface area contributed by atoms with Gasteiger partial charge in [-0.25, -0.2) is 33.1 Å². The molecule has 0 spiro atoms. The Morgan fingerprint density at radius 3 is 2.39 bits per heavy atom. The summed E-state index contributed by atoms with van der Waals surface area (Å²) in [6.45, 7) is 8.87. The van der Waals surface area contributed by atoms with Crippen molar-refractivity contribution in [3.8, 4) is 0 Å². The third-order valence-electron chi connectivity index (χ3n) is 8.53. The van der Waals surface area contributed by atoms with E-state index in [-0.39, 0.29) is 40.5 Å². The number of nitrogen functional groups attached to an aromatic ring is 2. The van der Waals surface area contributed by atoms with Crippen LogP contribution < -0.4 is 21.7 Å². The molecule has 4 aromatic rings. The lowest BCUT2D eigenvalue weighted by Gasteiger charge is -2.24. The molecule has 0 aromatic carbocycles. The monoisotopic (exact) mass is 760 g/mol. The first-order valence-corrected chi connectivity index (χ1v) is 18.8. The zero-order valence-electron chi connectivity index (χ0n) is 27.6. The van der Waals surface area contributed by atoms with E-state index >= 15 is 4.39 Å². The third kappa shape index (κ3) is 7.74. The molecule has 51 heavy (non-hydrogen) atoms. The largest absolute Gasteiger partial charge is 0.472 e. The second kappa shape index (κ2) is 14.7. The number of hydrogen-bond acceptors (Lipinski definition) is 17. The van der Waals surface area contributed by atoms with Crippen molar-refractivity contribution in [3.63, 3.8) is 0 Å². The molecular weight excluding hydrogens is 722 g/mol. The topological polar surface area (TPSA) is 292 Å². The minimum Gasteiger partial charge on any atom is -0.382 e. The quantitative estimate of drug-likeness (QED) is 0.164. The molecule has 4 aromatic heterocycles. The fourth-order valence-corrected chi connectivity index (χ4v) is 7.87. The fraction of sp³-hybridized carbons (Fsp3) is 0.615. The maximum absolute atomic E-state index is 15.9. The first kappa shape index (κ1) is 37.1. The molecule has 0 aliphatic carbocycles. The molecule has 7 rings (SSSR count). The molecule has 3 fully saturated rings. The van der Waals surface area contributed by atoms with Gasteiger partial charge < -0.3 is 30.7 Å². The summed E-state index contributed by atoms with van der Waals surface area (Å²) in [5.41, 5.74) is 10.9. The van der Waals surface area contributed by atoms with Crippen molar-refractivity contribution in [2.45, 2.75) is 70.2 Å². The van der Waals surface area contributed by atoms with Gasteiger partial charge in [0.2, 0.25) is 5.95 Å². The van der Waals surface area contributed by atoms with Gasteiger partial charge in [-0.05, 0) is 19.6 Å². The van der Waals surface area contributed by atoms with E-state index in [9.17, 15) is 22.7 Å². The van der Waals surface area contributed by atoms with Gasteiger partial charge in [0.05, 0.1) is 25.4 Å². The van der Waals surface area contributed by atoms with E-state index in [0.29, 0.717) is 0 Å². The number of aromatic nitrogens is 8. The maximum Gasteiger partial charge on any atom is 0.472 e. The van der Waals surface area contributed by atoms with Gasteiger partial charge in [-0.15, -0.1) is 0 Å². The summed E-state index contributed by atoms with van der Waals surface area (Å²) in [4.78, 5) is 47.4. The van der Waals surface area contributed by atoms with Crippen molar-refractivity contribution in [2.75, 3.05) is 44.3 Å². The summed E-state index contributed by atoms with van der Waals surface area (Å²) in [7, 11) is -9.61. The summed E-state index contributed by atoms with van der Waals surface area (Å²) in [5.74, 6) is -0.214. The van der Waals surface area contributed by atoms with Crippen LogP contribution in [0.4, 0.5) is 16.2 Å². The highest BCUT2D eigenvalue weighted by molar-refractivity contribution is 7.84. The van der Waals surface area contributed by atoms with Gasteiger partial charge in [0.15, 0.2) is 41.3 Å². The Morgan fingerprint density at radius 1 is 1.02 bits per heavy atom. The molecule has 0 saturated carbocycles. The number of rotatable bonds is 5. The highest BCUT2D eigenvalue weighted by Gasteiger charge is 2.52. The molecule has 22 nitrogen and oxygen atoms in total. The molecule has 25 heteroatoms. The van der Waals surface area contributed by atoms with E-state index in [0.717, 1.165) is 6.33 Å². The van der Waals surface area contributed by atoms with Crippen molar-refractivity contribution >= 4 is 52.2 Å². The Labute approximate surface area is 289 Å². The van der Waals surface area contributed by atoms with Gasteiger partial charge >= 0.3 is 18.1 Å². The molecule has 3 aliphatic rings. The Kier molecular flexibility index (Phi) is 10.7. The third-order valence-corrected chi connectivity index (χ3v) is 10.5. The average molecular weight is 761 g/mol. The van der Waals surface area contributed by atoms with Gasteiger partial charge in [0, 0.05) is 13.0 Å². The number of ether oxygens (including phenoxy) is 2. The summed E-state index contributed by atoms with van der Waals surface area (Å²) in [6, 6.07) is 0. The van der Waals surface area contributed by atoms with Gasteiger partial charge in [-0.3, -0.25) is 28.0 Å². The first-order chi connectivity index (χ1) is 24.2. The SMILES string of the molecule is CCN(CC)CC.Nc1nc2c(ncn2[C@@H]2O[C@@H]3COP(=O)(O)O[C@H]4[C@@H](F)[C@H](n5cnc6c(N)ncnc65)O[C@@H]4CNS(=O)(=O)O[C@@H]2C3)c(=O)[nH]1. The molecule has 0 amide bonds. The average Bonchev–Trinajstić information content (AvgIpc) is 3.86. The number of anilines is 2. The normalized spacial score (nSPS) is 31.1. The molecule has 7 heterocycles. The minimum atomic E-state index is -5.00. The van der Waals surface area contributed by atoms with Crippen LogP contribution in [0.15, 0.2) is 23.8 Å². The summed E-state index contributed by atoms with van der Waals surface area (Å²) in [5, 5.41) is 0. The number of halogens is 1. The summed E-state index contributed by atoms with van der Waals surface area (Å²) >= 11 is 0. The lowest BCUT2D eigenvalue weighted by Crippen LogP contribution is -2.42. The number of aromatic amines is 1. The van der Waals surface area contributed by atoms with Crippen LogP contribution in [-0.2, 0) is 37.6 Å². The van der Waals surface area contributed by atoms with Crippen LogP contribution in [0.3, 0.4) is 0 Å². The van der Waals surface area contributed by atoms with Crippen LogP contribution in [0.5, 0.6) is 0 Å². The van der Waals surface area contributed by atoms with E-state index in [1.54, 1.807) is 0 Å². The van der Waals surface area contributed by atoms with Crippen LogP contribution in [-0.4, -0.2) is 121 Å². The predicted molar refractivity (Wildman–Crippen MR) is 176 cm³/mol. The summed E-state index contributed by atoms with van der Waals surface area (Å²) in [6.07, 6.45) is -7.16. The van der Waals surface area contributed by atoms with Gasteiger partial charge in [0.25, 0.3) is 5.56 Å². The zero-order chi connectivity index (χ0) is 36.7. The van der Waals surface area contributed by atoms with Crippen molar-refractivity contribution in [2.24, 2.45) is 0 Å². The van der Waals surface area contributed by atoms with Gasteiger partial charge in [0.1, 0.15) is 30.2 Å². The van der Waals surface area contributed by atoms with E-state index in [1.807, 2.05) is 0 Å². The number of imidazole rings is 2. The number of alkyl halides is 1. The molecule has 280 valence electrons. The van der Waals surface area contributed by atoms with Crippen molar-refractivity contribution < 1.29 is 45.0 Å². The van der Waals surface area contributed by atoms with Crippen LogP contribution in [0.1, 0.15) is 39.6 Å². The molecule has 2 bridgehead atoms. The Morgan fingerprint density at radius 2 is 1.71 bits per heavy atom. The predicted octanol–water partition coefficient (Wildman–Crippen LogP) is -0.270. The van der Waals surface area contributed by atoms with Crippen LogP contribution in [0.25, 0.3) is 22.3 Å².